The Morgan fingerprint density at radius 3 is 2.24 bits per heavy atom. The predicted octanol–water partition coefficient (Wildman–Crippen LogP) is 4.57. The van der Waals surface area contributed by atoms with Crippen molar-refractivity contribution in [3.8, 4) is 0 Å². The highest BCUT2D eigenvalue weighted by atomic mass is 19.4. The second-order valence-corrected chi connectivity index (χ2v) is 8.83. The molecule has 10 heteroatoms. The number of carbonyl (C=O) groups is 3. The third kappa shape index (κ3) is 4.80. The van der Waals surface area contributed by atoms with E-state index in [-0.39, 0.29) is 11.6 Å². The molecule has 0 radical (unpaired) electrons. The lowest BCUT2D eigenvalue weighted by molar-refractivity contribution is -0.138. The summed E-state index contributed by atoms with van der Waals surface area (Å²) >= 11 is 0. The predicted molar refractivity (Wildman–Crippen MR) is 111 cm³/mol. The van der Waals surface area contributed by atoms with Crippen LogP contribution in [0, 0.1) is 11.7 Å². The summed E-state index contributed by atoms with van der Waals surface area (Å²) in [7, 11) is 0. The van der Waals surface area contributed by atoms with Crippen LogP contribution < -0.4 is 5.73 Å². The van der Waals surface area contributed by atoms with Gasteiger partial charge in [-0.15, -0.1) is 0 Å². The average Bonchev–Trinajstić information content (AvgIpc) is 3.59. The first kappa shape index (κ1) is 23.8. The van der Waals surface area contributed by atoms with E-state index in [1.54, 1.807) is 6.07 Å². The molecule has 2 aliphatic carbocycles. The van der Waals surface area contributed by atoms with Gasteiger partial charge in [0.2, 0.25) is 0 Å². The molecule has 6 nitrogen and oxygen atoms in total. The van der Waals surface area contributed by atoms with Crippen LogP contribution in [0.3, 0.4) is 0 Å². The number of aromatic nitrogens is 1. The molecule has 0 aliphatic heterocycles. The van der Waals surface area contributed by atoms with Gasteiger partial charge in [-0.25, -0.2) is 14.2 Å². The molecule has 1 aromatic heterocycles. The van der Waals surface area contributed by atoms with Crippen LogP contribution in [-0.4, -0.2) is 28.2 Å². The third-order valence-electron chi connectivity index (χ3n) is 6.56. The first-order chi connectivity index (χ1) is 16.0. The van der Waals surface area contributed by atoms with E-state index in [9.17, 15) is 31.9 Å². The van der Waals surface area contributed by atoms with E-state index < -0.39 is 52.3 Å². The van der Waals surface area contributed by atoms with E-state index in [4.69, 9.17) is 10.5 Å². The van der Waals surface area contributed by atoms with Crippen molar-refractivity contribution in [1.82, 2.24) is 4.98 Å². The summed E-state index contributed by atoms with van der Waals surface area (Å²) < 4.78 is 58.6. The number of hydrogen-bond donors (Lipinski definition) is 1. The smallest absolute Gasteiger partial charge is 0.417 e. The Morgan fingerprint density at radius 2 is 1.71 bits per heavy atom. The van der Waals surface area contributed by atoms with Crippen LogP contribution in [0.5, 0.6) is 0 Å². The molecular weight excluding hydrogens is 456 g/mol. The number of amides is 1. The maximum Gasteiger partial charge on any atom is 0.417 e. The van der Waals surface area contributed by atoms with E-state index in [1.807, 2.05) is 0 Å². The number of pyridine rings is 1. The zero-order valence-corrected chi connectivity index (χ0v) is 18.0. The molecule has 2 aromatic rings. The molecule has 0 spiro atoms. The van der Waals surface area contributed by atoms with Crippen molar-refractivity contribution in [1.29, 1.82) is 0 Å². The second-order valence-electron chi connectivity index (χ2n) is 8.83. The number of nitrogens with zero attached hydrogens (tertiary/aromatic N) is 1. The van der Waals surface area contributed by atoms with Crippen LogP contribution in [0.4, 0.5) is 17.6 Å². The van der Waals surface area contributed by atoms with Gasteiger partial charge in [0.05, 0.1) is 5.56 Å². The Bertz CT molecular complexity index is 1120. The molecule has 0 unspecified atom stereocenters. The van der Waals surface area contributed by atoms with E-state index in [2.05, 4.69) is 4.98 Å². The number of hydrogen-bond acceptors (Lipinski definition) is 5. The Balaban J connectivity index is 1.39. The number of esters is 1. The van der Waals surface area contributed by atoms with E-state index in [1.165, 1.54) is 12.3 Å². The van der Waals surface area contributed by atoms with Crippen molar-refractivity contribution >= 4 is 17.7 Å². The second kappa shape index (κ2) is 8.81. The van der Waals surface area contributed by atoms with Crippen LogP contribution in [-0.2, 0) is 15.7 Å². The number of alkyl halides is 3. The molecule has 34 heavy (non-hydrogen) atoms. The fraction of sp³-hybridized carbons (Fsp3) is 0.417. The number of rotatable bonds is 6. The van der Waals surface area contributed by atoms with Gasteiger partial charge in [-0.2, -0.15) is 13.2 Å². The summed E-state index contributed by atoms with van der Waals surface area (Å²) in [4.78, 5) is 40.5. The molecule has 1 aromatic carbocycles. The zero-order chi connectivity index (χ0) is 24.7. The topological polar surface area (TPSA) is 99.4 Å². The molecule has 0 saturated heterocycles. The van der Waals surface area contributed by atoms with Gasteiger partial charge in [-0.3, -0.25) is 9.59 Å². The monoisotopic (exact) mass is 478 g/mol. The van der Waals surface area contributed by atoms with Crippen LogP contribution in [0.2, 0.25) is 0 Å². The number of primary amides is 1. The highest BCUT2D eigenvalue weighted by Gasteiger charge is 2.53. The lowest BCUT2D eigenvalue weighted by atomic mass is 9.76. The molecule has 2 saturated carbocycles. The van der Waals surface area contributed by atoms with Crippen LogP contribution in [0.25, 0.3) is 0 Å². The number of ketones is 1. The summed E-state index contributed by atoms with van der Waals surface area (Å²) in [5.41, 5.74) is 3.10. The molecule has 2 fully saturated rings. The Labute approximate surface area is 192 Å². The number of carbonyl (C=O) groups excluding carboxylic acids is 3. The maximum absolute atomic E-state index is 13.6. The van der Waals surface area contributed by atoms with E-state index in [0.29, 0.717) is 56.7 Å². The quantitative estimate of drug-likeness (QED) is 0.373. The lowest BCUT2D eigenvalue weighted by Gasteiger charge is -2.28. The molecule has 2 aliphatic rings. The molecular formula is C24H22F4N2O4. The molecule has 2 N–H and O–H groups in total. The number of halogens is 4. The first-order valence-electron chi connectivity index (χ1n) is 10.9. The molecule has 0 atom stereocenters. The normalized spacial score (nSPS) is 21.5. The van der Waals surface area contributed by atoms with Gasteiger partial charge >= 0.3 is 12.1 Å². The molecule has 1 heterocycles. The van der Waals surface area contributed by atoms with Crippen molar-refractivity contribution in [3.63, 3.8) is 0 Å². The van der Waals surface area contributed by atoms with Gasteiger partial charge in [-0.05, 0) is 61.4 Å². The zero-order valence-electron chi connectivity index (χ0n) is 18.0. The van der Waals surface area contributed by atoms with Crippen LogP contribution in [0.1, 0.15) is 76.4 Å². The molecule has 180 valence electrons. The van der Waals surface area contributed by atoms with E-state index >= 15 is 0 Å². The van der Waals surface area contributed by atoms with Crippen molar-refractivity contribution in [3.05, 3.63) is 64.7 Å². The SMILES string of the molecule is NC(=O)C1(OC(=O)c2ccc(C3CCC(C(=O)c4cc(F)ccc4C(F)(F)F)CC3)cn2)CC1. The lowest BCUT2D eigenvalue weighted by Crippen LogP contribution is -2.35. The summed E-state index contributed by atoms with van der Waals surface area (Å²) in [6, 6.07) is 5.13. The minimum Gasteiger partial charge on any atom is -0.444 e. The van der Waals surface area contributed by atoms with Gasteiger partial charge in [0, 0.05) is 30.5 Å². The fourth-order valence-corrected chi connectivity index (χ4v) is 4.39. The van der Waals surface area contributed by atoms with Crippen molar-refractivity contribution in [2.45, 2.75) is 56.2 Å². The highest BCUT2D eigenvalue weighted by molar-refractivity contribution is 5.99. The van der Waals surface area contributed by atoms with Crippen LogP contribution in [0.15, 0.2) is 36.5 Å². The number of nitrogens with two attached hydrogens (primary N) is 1. The molecule has 1 amide bonds. The summed E-state index contributed by atoms with van der Waals surface area (Å²) in [6.45, 7) is 0. The largest absolute Gasteiger partial charge is 0.444 e. The van der Waals surface area contributed by atoms with Crippen LogP contribution >= 0.6 is 0 Å². The summed E-state index contributed by atoms with van der Waals surface area (Å²) in [5.74, 6) is -3.65. The Morgan fingerprint density at radius 1 is 1.03 bits per heavy atom. The van der Waals surface area contributed by atoms with Crippen molar-refractivity contribution < 1.29 is 36.7 Å². The third-order valence-corrected chi connectivity index (χ3v) is 6.56. The number of ether oxygens (including phenoxy) is 1. The number of Topliss-reactive ketones (excluding diaryl/α,β-unsaturated/α-hetero) is 1. The standard InChI is InChI=1S/C24H22F4N2O4/c25-16-6-7-18(24(26,27)28)17(11-16)20(31)14-3-1-13(2-4-14)15-5-8-19(30-12-15)21(32)34-23(9-10-23)22(29)33/h5-8,11-14H,1-4,9-10H2,(H2,29,33). The minimum absolute atomic E-state index is 0.0108. The fourth-order valence-electron chi connectivity index (χ4n) is 4.39. The summed E-state index contributed by atoms with van der Waals surface area (Å²) in [6.07, 6.45) is -0.706. The van der Waals surface area contributed by atoms with Crippen molar-refractivity contribution in [2.24, 2.45) is 11.7 Å². The van der Waals surface area contributed by atoms with Gasteiger partial charge < -0.3 is 10.5 Å². The van der Waals surface area contributed by atoms with E-state index in [0.717, 1.165) is 5.56 Å². The maximum atomic E-state index is 13.6. The molecule has 0 bridgehead atoms. The van der Waals surface area contributed by atoms with Gasteiger partial charge in [0.15, 0.2) is 11.4 Å². The average molecular weight is 478 g/mol. The Kier molecular flexibility index (Phi) is 6.18. The van der Waals surface area contributed by atoms with Gasteiger partial charge in [0.25, 0.3) is 5.91 Å². The number of benzene rings is 1. The van der Waals surface area contributed by atoms with Gasteiger partial charge in [0.1, 0.15) is 11.5 Å². The molecule has 4 rings (SSSR count). The summed E-state index contributed by atoms with van der Waals surface area (Å²) in [5, 5.41) is 0. The Hall–Kier alpha value is -3.30. The van der Waals surface area contributed by atoms with Crippen molar-refractivity contribution in [2.75, 3.05) is 0 Å². The minimum atomic E-state index is -4.75. The van der Waals surface area contributed by atoms with Gasteiger partial charge in [-0.1, -0.05) is 6.07 Å². The first-order valence-corrected chi connectivity index (χ1v) is 10.9. The highest BCUT2D eigenvalue weighted by Crippen LogP contribution is 2.41.